The number of nitrogens with one attached hydrogen (secondary N) is 1. The maximum atomic E-state index is 12.3. The van der Waals surface area contributed by atoms with E-state index in [-0.39, 0.29) is 5.91 Å². The summed E-state index contributed by atoms with van der Waals surface area (Å²) in [6, 6.07) is 16.7. The van der Waals surface area contributed by atoms with Crippen molar-refractivity contribution in [2.45, 2.75) is 6.92 Å². The fourth-order valence-electron chi connectivity index (χ4n) is 1.85. The molecule has 0 aliphatic carbocycles. The van der Waals surface area contributed by atoms with Crippen molar-refractivity contribution in [3.63, 3.8) is 0 Å². The van der Waals surface area contributed by atoms with Crippen LogP contribution in [0.25, 0.3) is 0 Å². The summed E-state index contributed by atoms with van der Waals surface area (Å²) in [5, 5.41) is 2.88. The number of carbonyl (C=O) groups excluding carboxylic acids is 1. The zero-order chi connectivity index (χ0) is 14.9. The van der Waals surface area contributed by atoms with Gasteiger partial charge in [-0.15, -0.1) is 0 Å². The Morgan fingerprint density at radius 1 is 1.10 bits per heavy atom. The minimum atomic E-state index is -0.153. The molecule has 0 aromatic heterocycles. The van der Waals surface area contributed by atoms with Gasteiger partial charge < -0.3 is 10.1 Å². The van der Waals surface area contributed by atoms with E-state index in [1.165, 1.54) is 0 Å². The first kappa shape index (κ1) is 15.4. The second-order valence-electron chi connectivity index (χ2n) is 4.36. The molecule has 0 saturated carbocycles. The van der Waals surface area contributed by atoms with Crippen LogP contribution in [0.2, 0.25) is 0 Å². The van der Waals surface area contributed by atoms with Gasteiger partial charge in [0.25, 0.3) is 5.91 Å². The average molecular weight is 301 g/mol. The molecule has 0 heterocycles. The van der Waals surface area contributed by atoms with Gasteiger partial charge in [0, 0.05) is 11.4 Å². The first-order valence-electron chi connectivity index (χ1n) is 6.97. The minimum absolute atomic E-state index is 0.153. The summed E-state index contributed by atoms with van der Waals surface area (Å²) < 4.78 is 5.72. The molecule has 0 saturated heterocycles. The van der Waals surface area contributed by atoms with Gasteiger partial charge in [-0.2, -0.15) is 11.8 Å². The van der Waals surface area contributed by atoms with Crippen molar-refractivity contribution in [2.75, 3.05) is 23.4 Å². The SMILES string of the molecule is CCSCCOc1ccccc1C(=O)Nc1ccccc1. The predicted molar refractivity (Wildman–Crippen MR) is 89.3 cm³/mol. The van der Waals surface area contributed by atoms with E-state index in [1.54, 1.807) is 6.07 Å². The monoisotopic (exact) mass is 301 g/mol. The first-order chi connectivity index (χ1) is 10.3. The molecule has 0 radical (unpaired) electrons. The molecule has 1 amide bonds. The molecule has 2 rings (SSSR count). The molecule has 0 bridgehead atoms. The zero-order valence-electron chi connectivity index (χ0n) is 12.0. The van der Waals surface area contributed by atoms with Crippen molar-refractivity contribution in [1.29, 1.82) is 0 Å². The molecule has 21 heavy (non-hydrogen) atoms. The van der Waals surface area contributed by atoms with Crippen LogP contribution in [0.3, 0.4) is 0 Å². The largest absolute Gasteiger partial charge is 0.492 e. The molecule has 0 fully saturated rings. The lowest BCUT2D eigenvalue weighted by atomic mass is 10.2. The van der Waals surface area contributed by atoms with Gasteiger partial charge in [0.15, 0.2) is 0 Å². The molecule has 3 nitrogen and oxygen atoms in total. The van der Waals surface area contributed by atoms with Gasteiger partial charge in [-0.05, 0) is 30.0 Å². The maximum absolute atomic E-state index is 12.3. The third-order valence-corrected chi connectivity index (χ3v) is 3.72. The number of hydrogen-bond donors (Lipinski definition) is 1. The molecule has 2 aromatic carbocycles. The molecule has 2 aromatic rings. The Morgan fingerprint density at radius 3 is 2.57 bits per heavy atom. The summed E-state index contributed by atoms with van der Waals surface area (Å²) in [5.41, 5.74) is 1.33. The quantitative estimate of drug-likeness (QED) is 0.783. The van der Waals surface area contributed by atoms with E-state index < -0.39 is 0 Å². The summed E-state index contributed by atoms with van der Waals surface area (Å²) >= 11 is 1.82. The normalized spacial score (nSPS) is 10.1. The lowest BCUT2D eigenvalue weighted by Crippen LogP contribution is -2.14. The summed E-state index contributed by atoms with van der Waals surface area (Å²) in [7, 11) is 0. The second-order valence-corrected chi connectivity index (χ2v) is 5.76. The van der Waals surface area contributed by atoms with Gasteiger partial charge in [-0.3, -0.25) is 4.79 Å². The van der Waals surface area contributed by atoms with Gasteiger partial charge in [0.1, 0.15) is 5.75 Å². The van der Waals surface area contributed by atoms with Crippen molar-refractivity contribution in [3.8, 4) is 5.75 Å². The summed E-state index contributed by atoms with van der Waals surface area (Å²) in [4.78, 5) is 12.3. The van der Waals surface area contributed by atoms with Crippen LogP contribution in [0, 0.1) is 0 Å². The first-order valence-corrected chi connectivity index (χ1v) is 8.12. The van der Waals surface area contributed by atoms with E-state index in [0.29, 0.717) is 17.9 Å². The van der Waals surface area contributed by atoms with Gasteiger partial charge in [0.2, 0.25) is 0 Å². The molecule has 0 atom stereocenters. The number of benzene rings is 2. The Bertz CT molecular complexity index is 572. The molecule has 0 aliphatic heterocycles. The van der Waals surface area contributed by atoms with Crippen LogP contribution in [0.15, 0.2) is 54.6 Å². The minimum Gasteiger partial charge on any atom is -0.492 e. The zero-order valence-corrected chi connectivity index (χ0v) is 12.9. The van der Waals surface area contributed by atoms with E-state index in [2.05, 4.69) is 12.2 Å². The van der Waals surface area contributed by atoms with E-state index in [0.717, 1.165) is 17.2 Å². The van der Waals surface area contributed by atoms with Crippen molar-refractivity contribution in [2.24, 2.45) is 0 Å². The highest BCUT2D eigenvalue weighted by atomic mass is 32.2. The highest BCUT2D eigenvalue weighted by Crippen LogP contribution is 2.20. The Labute approximate surface area is 129 Å². The molecule has 0 unspecified atom stereocenters. The number of amides is 1. The van der Waals surface area contributed by atoms with Crippen LogP contribution < -0.4 is 10.1 Å². The molecule has 4 heteroatoms. The number of hydrogen-bond acceptors (Lipinski definition) is 3. The number of anilines is 1. The van der Waals surface area contributed by atoms with Gasteiger partial charge in [0.05, 0.1) is 12.2 Å². The number of rotatable bonds is 7. The standard InChI is InChI=1S/C17H19NO2S/c1-2-21-13-12-20-16-11-7-6-10-15(16)17(19)18-14-8-4-3-5-9-14/h3-11H,2,12-13H2,1H3,(H,18,19). The summed E-state index contributed by atoms with van der Waals surface area (Å²) in [6.07, 6.45) is 0. The van der Waals surface area contributed by atoms with Crippen molar-refractivity contribution < 1.29 is 9.53 Å². The predicted octanol–water partition coefficient (Wildman–Crippen LogP) is 4.07. The lowest BCUT2D eigenvalue weighted by molar-refractivity contribution is 0.102. The smallest absolute Gasteiger partial charge is 0.259 e. The molecule has 0 aliphatic rings. The average Bonchev–Trinajstić information content (AvgIpc) is 2.53. The van der Waals surface area contributed by atoms with Crippen LogP contribution in [-0.4, -0.2) is 24.0 Å². The van der Waals surface area contributed by atoms with Gasteiger partial charge in [-0.25, -0.2) is 0 Å². The number of para-hydroxylation sites is 2. The summed E-state index contributed by atoms with van der Waals surface area (Å²) in [6.45, 7) is 2.72. The van der Waals surface area contributed by atoms with E-state index in [9.17, 15) is 4.79 Å². The van der Waals surface area contributed by atoms with E-state index >= 15 is 0 Å². The molecule has 0 spiro atoms. The maximum Gasteiger partial charge on any atom is 0.259 e. The number of carbonyl (C=O) groups is 1. The Hall–Kier alpha value is -1.94. The van der Waals surface area contributed by atoms with Crippen LogP contribution in [0.5, 0.6) is 5.75 Å². The van der Waals surface area contributed by atoms with Crippen LogP contribution in [0.1, 0.15) is 17.3 Å². The van der Waals surface area contributed by atoms with E-state index in [4.69, 9.17) is 4.74 Å². The lowest BCUT2D eigenvalue weighted by Gasteiger charge is -2.11. The fraction of sp³-hybridized carbons (Fsp3) is 0.235. The van der Waals surface area contributed by atoms with Crippen LogP contribution in [-0.2, 0) is 0 Å². The molecular formula is C17H19NO2S. The molecular weight excluding hydrogens is 282 g/mol. The fourth-order valence-corrected chi connectivity index (χ4v) is 2.34. The highest BCUT2D eigenvalue weighted by molar-refractivity contribution is 7.99. The molecule has 1 N–H and O–H groups in total. The van der Waals surface area contributed by atoms with Crippen molar-refractivity contribution >= 4 is 23.4 Å². The number of thioether (sulfide) groups is 1. The third kappa shape index (κ3) is 4.83. The number of ether oxygens (including phenoxy) is 1. The van der Waals surface area contributed by atoms with Crippen LogP contribution in [0.4, 0.5) is 5.69 Å². The van der Waals surface area contributed by atoms with Crippen molar-refractivity contribution in [1.82, 2.24) is 0 Å². The highest BCUT2D eigenvalue weighted by Gasteiger charge is 2.12. The Morgan fingerprint density at radius 2 is 1.81 bits per heavy atom. The van der Waals surface area contributed by atoms with Gasteiger partial charge in [-0.1, -0.05) is 37.3 Å². The Kier molecular flexibility index (Phi) is 6.16. The summed E-state index contributed by atoms with van der Waals surface area (Å²) in [5.74, 6) is 2.47. The van der Waals surface area contributed by atoms with Crippen LogP contribution >= 0.6 is 11.8 Å². The second kappa shape index (κ2) is 8.37. The Balaban J connectivity index is 2.03. The van der Waals surface area contributed by atoms with Crippen molar-refractivity contribution in [3.05, 3.63) is 60.2 Å². The van der Waals surface area contributed by atoms with E-state index in [1.807, 2.05) is 60.3 Å². The van der Waals surface area contributed by atoms with Gasteiger partial charge >= 0.3 is 0 Å². The molecule has 110 valence electrons. The third-order valence-electron chi connectivity index (χ3n) is 2.85. The topological polar surface area (TPSA) is 38.3 Å².